The Balaban J connectivity index is 1.22. The summed E-state index contributed by atoms with van der Waals surface area (Å²) in [5, 5.41) is 2.34. The van der Waals surface area contributed by atoms with Crippen LogP contribution in [0, 0.1) is 12.8 Å². The van der Waals surface area contributed by atoms with Crippen molar-refractivity contribution in [1.29, 1.82) is 0 Å². The van der Waals surface area contributed by atoms with E-state index in [1.807, 2.05) is 12.2 Å². The molecule has 0 N–H and O–H groups in total. The van der Waals surface area contributed by atoms with Crippen LogP contribution in [0.15, 0.2) is 176 Å². The largest absolute Gasteiger partial charge is 0.457 e. The number of ether oxygens (including phenoxy) is 1. The summed E-state index contributed by atoms with van der Waals surface area (Å²) in [5.74, 6) is 2.34. The van der Waals surface area contributed by atoms with Gasteiger partial charge >= 0.3 is 0 Å². The van der Waals surface area contributed by atoms with E-state index < -0.39 is 0 Å². The lowest BCUT2D eigenvalue weighted by Gasteiger charge is -2.34. The summed E-state index contributed by atoms with van der Waals surface area (Å²) in [5.41, 5.74) is 16.9. The van der Waals surface area contributed by atoms with Gasteiger partial charge in [0.25, 0.3) is 0 Å². The van der Waals surface area contributed by atoms with Crippen molar-refractivity contribution in [1.82, 2.24) is 4.57 Å². The zero-order chi connectivity index (χ0) is 38.8. The van der Waals surface area contributed by atoms with Crippen LogP contribution in [-0.4, -0.2) is 4.57 Å². The second-order valence-electron chi connectivity index (χ2n) is 16.5. The second-order valence-corrected chi connectivity index (χ2v) is 16.5. The molecule has 1 aromatic heterocycles. The average molecular weight is 741 g/mol. The number of hydrogen-bond donors (Lipinski definition) is 0. The van der Waals surface area contributed by atoms with Crippen molar-refractivity contribution < 1.29 is 4.74 Å². The molecule has 6 aromatic carbocycles. The van der Waals surface area contributed by atoms with Gasteiger partial charge in [-0.15, -0.1) is 0 Å². The molecule has 0 spiro atoms. The first-order valence-electron chi connectivity index (χ1n) is 20.5. The van der Waals surface area contributed by atoms with E-state index in [0.717, 1.165) is 39.6 Å². The minimum atomic E-state index is -0.248. The lowest BCUT2D eigenvalue weighted by atomic mass is 9.75. The lowest BCUT2D eigenvalue weighted by Crippen LogP contribution is -2.24. The Labute approximate surface area is 336 Å². The predicted molar refractivity (Wildman–Crippen MR) is 239 cm³/mol. The van der Waals surface area contributed by atoms with Crippen molar-refractivity contribution in [3.8, 4) is 17.2 Å². The number of hydrogen-bond acceptors (Lipinski definition) is 2. The highest BCUT2D eigenvalue weighted by atomic mass is 16.5. The first-order chi connectivity index (χ1) is 27.9. The molecule has 3 heteroatoms. The minimum absolute atomic E-state index is 0.248. The molecule has 0 saturated heterocycles. The molecule has 0 radical (unpaired) electrons. The summed E-state index contributed by atoms with van der Waals surface area (Å²) in [6.07, 6.45) is 10.0. The number of nitrogens with zero attached hydrogens (tertiary/aromatic N) is 2. The molecule has 3 aliphatic rings. The number of para-hydroxylation sites is 2. The Morgan fingerprint density at radius 3 is 2.02 bits per heavy atom. The first-order valence-corrected chi connectivity index (χ1v) is 20.5. The number of aromatic nitrogens is 1. The molecule has 0 unspecified atom stereocenters. The molecule has 2 aliphatic carbocycles. The van der Waals surface area contributed by atoms with Gasteiger partial charge in [-0.1, -0.05) is 118 Å². The molecule has 2 fully saturated rings. The van der Waals surface area contributed by atoms with Crippen molar-refractivity contribution >= 4 is 38.8 Å². The second kappa shape index (κ2) is 13.7. The molecule has 7 aromatic rings. The molecular formula is C54H48N2O. The van der Waals surface area contributed by atoms with Crippen molar-refractivity contribution in [2.45, 2.75) is 58.3 Å². The van der Waals surface area contributed by atoms with Gasteiger partial charge in [0.1, 0.15) is 11.5 Å². The average Bonchev–Trinajstić information content (AvgIpc) is 4.02. The summed E-state index contributed by atoms with van der Waals surface area (Å²) < 4.78 is 9.23. The number of rotatable bonds is 9. The Bertz CT molecular complexity index is 2790. The van der Waals surface area contributed by atoms with Crippen LogP contribution in [0.4, 0.5) is 11.4 Å². The quantitative estimate of drug-likeness (QED) is 0.137. The monoisotopic (exact) mass is 740 g/mol. The molecule has 2 saturated carbocycles. The van der Waals surface area contributed by atoms with Gasteiger partial charge in [0, 0.05) is 50.1 Å². The number of fused-ring (bicyclic) bond motifs is 5. The summed E-state index contributed by atoms with van der Waals surface area (Å²) in [4.78, 5) is 2.39. The zero-order valence-electron chi connectivity index (χ0n) is 33.2. The SMILES string of the molecule is C=C/C(=C(\C=C)N(c1ccccc1)c1cc2c3cc4c(cc3n(-c3ccc(C(=C5CCC5)c5ccccc5)cc3)c2cc1C)C(C)(C)c1ccccc1O4)C1CC1. The molecule has 0 bridgehead atoms. The van der Waals surface area contributed by atoms with Crippen molar-refractivity contribution in [2.24, 2.45) is 5.92 Å². The highest BCUT2D eigenvalue weighted by Gasteiger charge is 2.36. The molecule has 10 rings (SSSR count). The van der Waals surface area contributed by atoms with Gasteiger partial charge < -0.3 is 14.2 Å². The summed E-state index contributed by atoms with van der Waals surface area (Å²) in [7, 11) is 0. The predicted octanol–water partition coefficient (Wildman–Crippen LogP) is 14.7. The van der Waals surface area contributed by atoms with Gasteiger partial charge in [-0.25, -0.2) is 0 Å². The van der Waals surface area contributed by atoms with Gasteiger partial charge in [0.15, 0.2) is 0 Å². The Hall–Kier alpha value is -6.32. The minimum Gasteiger partial charge on any atom is -0.457 e. The topological polar surface area (TPSA) is 17.4 Å². The Morgan fingerprint density at radius 1 is 0.702 bits per heavy atom. The molecule has 0 amide bonds. The van der Waals surface area contributed by atoms with E-state index in [-0.39, 0.29) is 5.41 Å². The van der Waals surface area contributed by atoms with E-state index in [2.05, 4.69) is 177 Å². The van der Waals surface area contributed by atoms with Crippen molar-refractivity contribution in [2.75, 3.05) is 4.90 Å². The zero-order valence-corrected chi connectivity index (χ0v) is 33.2. The van der Waals surface area contributed by atoms with Crippen LogP contribution in [0.1, 0.15) is 73.8 Å². The van der Waals surface area contributed by atoms with Crippen molar-refractivity contribution in [3.63, 3.8) is 0 Å². The van der Waals surface area contributed by atoms with E-state index in [4.69, 9.17) is 4.74 Å². The number of anilines is 2. The van der Waals surface area contributed by atoms with Gasteiger partial charge in [-0.05, 0) is 133 Å². The summed E-state index contributed by atoms with van der Waals surface area (Å²) >= 11 is 0. The third-order valence-corrected chi connectivity index (χ3v) is 12.6. The first kappa shape index (κ1) is 35.1. The molecule has 0 atom stereocenters. The van der Waals surface area contributed by atoms with E-state index in [0.29, 0.717) is 5.92 Å². The number of allylic oxidation sites excluding steroid dienone is 4. The van der Waals surface area contributed by atoms with E-state index >= 15 is 0 Å². The fourth-order valence-electron chi connectivity index (χ4n) is 9.37. The standard InChI is InChI=1S/C54H48N2O/c1-6-42(36-25-26-36)47(7-2)55(40-21-12-9-13-22-40)48-32-43-44-33-52-46(54(4,5)45-23-14-15-24-51(45)57-52)34-50(44)56(49(43)31-35(48)3)41-29-27-39(28-30-41)53(38-19-16-20-38)37-17-10-8-11-18-37/h6-15,17-18,21-24,27-34,36H,1-2,16,19-20,25-26H2,3-5H3/b47-42-. The Kier molecular flexibility index (Phi) is 8.44. The van der Waals surface area contributed by atoms with Crippen LogP contribution in [-0.2, 0) is 5.41 Å². The van der Waals surface area contributed by atoms with Crippen LogP contribution in [0.25, 0.3) is 33.1 Å². The highest BCUT2D eigenvalue weighted by Crippen LogP contribution is 2.51. The maximum absolute atomic E-state index is 6.76. The van der Waals surface area contributed by atoms with Gasteiger partial charge in [0.2, 0.25) is 0 Å². The normalized spacial score (nSPS) is 15.9. The molecular weight excluding hydrogens is 693 g/mol. The van der Waals surface area contributed by atoms with Gasteiger partial charge in [-0.3, -0.25) is 0 Å². The van der Waals surface area contributed by atoms with Crippen LogP contribution in [0.5, 0.6) is 11.5 Å². The summed E-state index contributed by atoms with van der Waals surface area (Å²) in [6.45, 7) is 15.5. The van der Waals surface area contributed by atoms with E-state index in [1.54, 1.807) is 5.57 Å². The molecule has 57 heavy (non-hydrogen) atoms. The summed E-state index contributed by atoms with van der Waals surface area (Å²) in [6, 6.07) is 48.8. The smallest absolute Gasteiger partial charge is 0.132 e. The fourth-order valence-corrected chi connectivity index (χ4v) is 9.37. The van der Waals surface area contributed by atoms with Crippen LogP contribution >= 0.6 is 0 Å². The maximum atomic E-state index is 6.76. The van der Waals surface area contributed by atoms with Crippen molar-refractivity contribution in [3.05, 3.63) is 203 Å². The highest BCUT2D eigenvalue weighted by molar-refractivity contribution is 6.12. The van der Waals surface area contributed by atoms with E-state index in [1.165, 1.54) is 87.5 Å². The molecule has 3 nitrogen and oxygen atoms in total. The number of aryl methyl sites for hydroxylation is 1. The molecule has 1 aliphatic heterocycles. The Morgan fingerprint density at radius 2 is 1.35 bits per heavy atom. The van der Waals surface area contributed by atoms with Gasteiger partial charge in [0.05, 0.1) is 11.0 Å². The lowest BCUT2D eigenvalue weighted by molar-refractivity contribution is 0.419. The van der Waals surface area contributed by atoms with Crippen LogP contribution < -0.4 is 9.64 Å². The molecule has 280 valence electrons. The van der Waals surface area contributed by atoms with Gasteiger partial charge in [-0.2, -0.15) is 0 Å². The fraction of sp³-hybridized carbons (Fsp3) is 0.185. The third-order valence-electron chi connectivity index (χ3n) is 12.6. The van der Waals surface area contributed by atoms with Crippen LogP contribution in [0.2, 0.25) is 0 Å². The maximum Gasteiger partial charge on any atom is 0.132 e. The van der Waals surface area contributed by atoms with Crippen LogP contribution in [0.3, 0.4) is 0 Å². The van der Waals surface area contributed by atoms with E-state index in [9.17, 15) is 0 Å². The molecule has 2 heterocycles. The third kappa shape index (κ3) is 5.79. The number of benzene rings is 6.